The van der Waals surface area contributed by atoms with E-state index in [0.29, 0.717) is 43.6 Å². The van der Waals surface area contributed by atoms with Gasteiger partial charge in [-0.15, -0.1) is 10.2 Å². The van der Waals surface area contributed by atoms with Crippen molar-refractivity contribution in [1.82, 2.24) is 20.4 Å². The van der Waals surface area contributed by atoms with Crippen molar-refractivity contribution in [3.05, 3.63) is 52.7 Å². The molecule has 0 radical (unpaired) electrons. The molecule has 0 saturated carbocycles. The average Bonchev–Trinajstić information content (AvgIpc) is 2.67. The number of carbonyl (C=O) groups excluding carboxylic acids is 2. The van der Waals surface area contributed by atoms with Crippen molar-refractivity contribution in [2.24, 2.45) is 0 Å². The van der Waals surface area contributed by atoms with E-state index in [1.807, 2.05) is 17.0 Å². The Bertz CT molecular complexity index is 728. The largest absolute Gasteiger partial charge is 0.352 e. The summed E-state index contributed by atoms with van der Waals surface area (Å²) in [6, 6.07) is 10.7. The van der Waals surface area contributed by atoms with Crippen LogP contribution < -0.4 is 10.2 Å². The highest BCUT2D eigenvalue weighted by molar-refractivity contribution is 6.30. The molecule has 2 heterocycles. The second kappa shape index (κ2) is 7.94. The summed E-state index contributed by atoms with van der Waals surface area (Å²) < 4.78 is 0. The van der Waals surface area contributed by atoms with Crippen molar-refractivity contribution in [2.45, 2.75) is 6.54 Å². The van der Waals surface area contributed by atoms with Crippen LogP contribution in [0.5, 0.6) is 0 Å². The highest BCUT2D eigenvalue weighted by Crippen LogP contribution is 2.13. The molecule has 8 heteroatoms. The van der Waals surface area contributed by atoms with Gasteiger partial charge in [0.15, 0.2) is 11.5 Å². The SMILES string of the molecule is O=CN1CCN(c2ccc(C(=O)NCc3ccc(Cl)cc3)nn2)CC1. The molecule has 25 heavy (non-hydrogen) atoms. The van der Waals surface area contributed by atoms with Crippen LogP contribution in [0.1, 0.15) is 16.1 Å². The molecule has 0 spiro atoms. The third-order valence-electron chi connectivity index (χ3n) is 4.04. The molecule has 0 bridgehead atoms. The van der Waals surface area contributed by atoms with Crippen molar-refractivity contribution in [3.63, 3.8) is 0 Å². The molecular weight excluding hydrogens is 342 g/mol. The molecule has 2 amide bonds. The molecule has 0 atom stereocenters. The number of hydrogen-bond acceptors (Lipinski definition) is 5. The van der Waals surface area contributed by atoms with E-state index in [1.165, 1.54) is 0 Å². The molecule has 1 aliphatic rings. The fraction of sp³-hybridized carbons (Fsp3) is 0.294. The van der Waals surface area contributed by atoms with Gasteiger partial charge in [-0.05, 0) is 29.8 Å². The predicted molar refractivity (Wildman–Crippen MR) is 94.5 cm³/mol. The third kappa shape index (κ3) is 4.45. The van der Waals surface area contributed by atoms with E-state index in [9.17, 15) is 9.59 Å². The van der Waals surface area contributed by atoms with Crippen LogP contribution >= 0.6 is 11.6 Å². The minimum absolute atomic E-state index is 0.268. The average molecular weight is 360 g/mol. The Morgan fingerprint density at radius 2 is 1.80 bits per heavy atom. The summed E-state index contributed by atoms with van der Waals surface area (Å²) in [5.74, 6) is 0.430. The standard InChI is InChI=1S/C17H18ClN5O2/c18-14-3-1-13(2-4-14)11-19-17(25)15-5-6-16(21-20-15)23-9-7-22(12-24)8-10-23/h1-6,12H,7-11H2,(H,19,25). The molecule has 1 N–H and O–H groups in total. The lowest BCUT2D eigenvalue weighted by molar-refractivity contribution is -0.118. The van der Waals surface area contributed by atoms with Crippen LogP contribution in [0, 0.1) is 0 Å². The number of anilines is 1. The van der Waals surface area contributed by atoms with Crippen LogP contribution in [0.15, 0.2) is 36.4 Å². The third-order valence-corrected chi connectivity index (χ3v) is 4.29. The Kier molecular flexibility index (Phi) is 5.45. The number of aromatic nitrogens is 2. The monoisotopic (exact) mass is 359 g/mol. The Labute approximate surface area is 150 Å². The molecule has 1 aromatic carbocycles. The molecule has 130 valence electrons. The number of benzene rings is 1. The van der Waals surface area contributed by atoms with Crippen LogP contribution in [0.3, 0.4) is 0 Å². The number of hydrogen-bond donors (Lipinski definition) is 1. The van der Waals surface area contributed by atoms with Gasteiger partial charge in [0.2, 0.25) is 6.41 Å². The Morgan fingerprint density at radius 3 is 2.40 bits per heavy atom. The van der Waals surface area contributed by atoms with E-state index in [-0.39, 0.29) is 11.6 Å². The number of amides is 2. The molecule has 7 nitrogen and oxygen atoms in total. The zero-order valence-electron chi connectivity index (χ0n) is 13.6. The van der Waals surface area contributed by atoms with Gasteiger partial charge in [-0.3, -0.25) is 9.59 Å². The minimum Gasteiger partial charge on any atom is -0.352 e. The molecule has 1 fully saturated rings. The first kappa shape index (κ1) is 17.2. The Hall–Kier alpha value is -2.67. The van der Waals surface area contributed by atoms with Gasteiger partial charge in [0.1, 0.15) is 0 Å². The van der Waals surface area contributed by atoms with Gasteiger partial charge in [-0.2, -0.15) is 0 Å². The normalized spacial score (nSPS) is 14.3. The summed E-state index contributed by atoms with van der Waals surface area (Å²) in [6.07, 6.45) is 0.858. The summed E-state index contributed by atoms with van der Waals surface area (Å²) in [5, 5.41) is 11.6. The fourth-order valence-electron chi connectivity index (χ4n) is 2.55. The second-order valence-corrected chi connectivity index (χ2v) is 6.15. The quantitative estimate of drug-likeness (QED) is 0.815. The van der Waals surface area contributed by atoms with Crippen LogP contribution in [0.2, 0.25) is 5.02 Å². The van der Waals surface area contributed by atoms with E-state index in [4.69, 9.17) is 11.6 Å². The molecule has 0 aliphatic carbocycles. The van der Waals surface area contributed by atoms with Crippen molar-refractivity contribution >= 4 is 29.7 Å². The van der Waals surface area contributed by atoms with E-state index in [0.717, 1.165) is 12.0 Å². The topological polar surface area (TPSA) is 78.4 Å². The van der Waals surface area contributed by atoms with Crippen LogP contribution in [-0.2, 0) is 11.3 Å². The zero-order valence-corrected chi connectivity index (χ0v) is 14.3. The molecule has 1 aliphatic heterocycles. The second-order valence-electron chi connectivity index (χ2n) is 5.71. The molecule has 3 rings (SSSR count). The van der Waals surface area contributed by atoms with Crippen molar-refractivity contribution in [3.8, 4) is 0 Å². The van der Waals surface area contributed by atoms with E-state index >= 15 is 0 Å². The van der Waals surface area contributed by atoms with Gasteiger partial charge in [-0.1, -0.05) is 23.7 Å². The maximum Gasteiger partial charge on any atom is 0.272 e. The highest BCUT2D eigenvalue weighted by atomic mass is 35.5. The summed E-state index contributed by atoms with van der Waals surface area (Å²) in [6.45, 7) is 3.13. The first-order valence-corrected chi connectivity index (χ1v) is 8.34. The lowest BCUT2D eigenvalue weighted by atomic mass is 10.2. The van der Waals surface area contributed by atoms with Crippen molar-refractivity contribution < 1.29 is 9.59 Å². The van der Waals surface area contributed by atoms with Gasteiger partial charge in [0.05, 0.1) is 0 Å². The fourth-order valence-corrected chi connectivity index (χ4v) is 2.67. The summed E-state index contributed by atoms with van der Waals surface area (Å²) >= 11 is 5.84. The van der Waals surface area contributed by atoms with Gasteiger partial charge < -0.3 is 15.1 Å². The van der Waals surface area contributed by atoms with E-state index in [2.05, 4.69) is 15.5 Å². The number of halogens is 1. The van der Waals surface area contributed by atoms with Gasteiger partial charge in [0.25, 0.3) is 5.91 Å². The van der Waals surface area contributed by atoms with Gasteiger partial charge in [0, 0.05) is 37.7 Å². The lowest BCUT2D eigenvalue weighted by Crippen LogP contribution is -2.46. The van der Waals surface area contributed by atoms with Crippen molar-refractivity contribution in [1.29, 1.82) is 0 Å². The number of nitrogens with zero attached hydrogens (tertiary/aromatic N) is 4. The lowest BCUT2D eigenvalue weighted by Gasteiger charge is -2.32. The van der Waals surface area contributed by atoms with Crippen LogP contribution in [-0.4, -0.2) is 53.6 Å². The van der Waals surface area contributed by atoms with E-state index in [1.54, 1.807) is 29.2 Å². The Morgan fingerprint density at radius 1 is 1.08 bits per heavy atom. The summed E-state index contributed by atoms with van der Waals surface area (Å²) in [4.78, 5) is 26.7. The molecule has 1 saturated heterocycles. The summed E-state index contributed by atoms with van der Waals surface area (Å²) in [7, 11) is 0. The first-order chi connectivity index (χ1) is 12.2. The smallest absolute Gasteiger partial charge is 0.272 e. The highest BCUT2D eigenvalue weighted by Gasteiger charge is 2.17. The number of rotatable bonds is 5. The van der Waals surface area contributed by atoms with E-state index < -0.39 is 0 Å². The Balaban J connectivity index is 1.55. The van der Waals surface area contributed by atoms with Crippen molar-refractivity contribution in [2.75, 3.05) is 31.1 Å². The first-order valence-electron chi connectivity index (χ1n) is 7.96. The maximum absolute atomic E-state index is 12.2. The zero-order chi connectivity index (χ0) is 17.6. The maximum atomic E-state index is 12.2. The van der Waals surface area contributed by atoms with Crippen LogP contribution in [0.4, 0.5) is 5.82 Å². The number of piperazine rings is 1. The molecule has 2 aromatic rings. The van der Waals surface area contributed by atoms with Crippen LogP contribution in [0.25, 0.3) is 0 Å². The molecule has 0 unspecified atom stereocenters. The number of carbonyl (C=O) groups is 2. The van der Waals surface area contributed by atoms with Gasteiger partial charge in [-0.25, -0.2) is 0 Å². The number of nitrogens with one attached hydrogen (secondary N) is 1. The molecule has 1 aromatic heterocycles. The summed E-state index contributed by atoms with van der Waals surface area (Å²) in [5.41, 5.74) is 1.22. The minimum atomic E-state index is -0.278. The van der Waals surface area contributed by atoms with Gasteiger partial charge >= 0.3 is 0 Å². The molecular formula is C17H18ClN5O2. The predicted octanol–water partition coefficient (Wildman–Crippen LogP) is 1.34.